The molecule has 1 aliphatic heterocycles. The third kappa shape index (κ3) is 6.16. The number of guanidine groups is 1. The fourth-order valence-corrected chi connectivity index (χ4v) is 4.20. The summed E-state index contributed by atoms with van der Waals surface area (Å²) in [6.07, 6.45) is 3.43. The van der Waals surface area contributed by atoms with Gasteiger partial charge < -0.3 is 20.3 Å². The Kier molecular flexibility index (Phi) is 7.60. The lowest BCUT2D eigenvalue weighted by Gasteiger charge is -2.33. The zero-order valence-electron chi connectivity index (χ0n) is 17.1. The van der Waals surface area contributed by atoms with Crippen LogP contribution in [0.5, 0.6) is 5.75 Å². The number of benzene rings is 1. The molecular formula is C22H32N4OS. The van der Waals surface area contributed by atoms with Gasteiger partial charge in [0.2, 0.25) is 0 Å². The summed E-state index contributed by atoms with van der Waals surface area (Å²) in [5.41, 5.74) is 1.29. The highest BCUT2D eigenvalue weighted by atomic mass is 32.1. The third-order valence-electron chi connectivity index (χ3n) is 4.88. The molecule has 0 spiro atoms. The van der Waals surface area contributed by atoms with Crippen molar-refractivity contribution < 1.29 is 4.74 Å². The quantitative estimate of drug-likeness (QED) is 0.546. The van der Waals surface area contributed by atoms with Gasteiger partial charge in [-0.2, -0.15) is 0 Å². The molecule has 0 bridgehead atoms. The van der Waals surface area contributed by atoms with Gasteiger partial charge in [0.15, 0.2) is 5.96 Å². The minimum atomic E-state index is 0.207. The van der Waals surface area contributed by atoms with E-state index in [0.29, 0.717) is 6.04 Å². The number of nitrogens with zero attached hydrogens (tertiary/aromatic N) is 2. The molecule has 0 radical (unpaired) electrons. The van der Waals surface area contributed by atoms with E-state index in [0.717, 1.165) is 50.6 Å². The lowest BCUT2D eigenvalue weighted by Crippen LogP contribution is -2.49. The molecule has 152 valence electrons. The molecule has 2 N–H and O–H groups in total. The van der Waals surface area contributed by atoms with Crippen LogP contribution in [0.3, 0.4) is 0 Å². The van der Waals surface area contributed by atoms with Gasteiger partial charge in [0.25, 0.3) is 0 Å². The molecule has 0 atom stereocenters. The lowest BCUT2D eigenvalue weighted by atomic mass is 10.1. The van der Waals surface area contributed by atoms with Crippen LogP contribution < -0.4 is 20.3 Å². The molecule has 1 saturated heterocycles. The van der Waals surface area contributed by atoms with E-state index in [-0.39, 0.29) is 6.10 Å². The minimum absolute atomic E-state index is 0.207. The Morgan fingerprint density at radius 1 is 1.21 bits per heavy atom. The van der Waals surface area contributed by atoms with Crippen LogP contribution >= 0.6 is 11.3 Å². The molecule has 2 heterocycles. The highest BCUT2D eigenvalue weighted by Crippen LogP contribution is 2.24. The van der Waals surface area contributed by atoms with Crippen molar-refractivity contribution in [3.63, 3.8) is 0 Å². The molecule has 2 aromatic rings. The number of piperidine rings is 1. The Balaban J connectivity index is 1.38. The molecule has 1 aliphatic rings. The molecule has 28 heavy (non-hydrogen) atoms. The number of aliphatic imine (C=N–C) groups is 1. The summed E-state index contributed by atoms with van der Waals surface area (Å²) in [7, 11) is 1.84. The highest BCUT2D eigenvalue weighted by molar-refractivity contribution is 7.14. The largest absolute Gasteiger partial charge is 0.491 e. The van der Waals surface area contributed by atoms with Crippen LogP contribution in [0.2, 0.25) is 0 Å². The second kappa shape index (κ2) is 10.4. The average Bonchev–Trinajstić information content (AvgIpc) is 3.23. The van der Waals surface area contributed by atoms with Gasteiger partial charge in [0.05, 0.1) is 11.1 Å². The van der Waals surface area contributed by atoms with Gasteiger partial charge in [0, 0.05) is 32.7 Å². The third-order valence-corrected chi connectivity index (χ3v) is 5.81. The molecule has 5 nitrogen and oxygen atoms in total. The van der Waals surface area contributed by atoms with E-state index in [1.54, 1.807) is 0 Å². The second-order valence-electron chi connectivity index (χ2n) is 7.42. The van der Waals surface area contributed by atoms with Crippen LogP contribution in [-0.2, 0) is 6.42 Å². The Labute approximate surface area is 172 Å². The average molecular weight is 401 g/mol. The molecular weight excluding hydrogens is 368 g/mol. The SMILES string of the molecule is CN=C(NCCc1ccc(OC(C)C)cc1)NC1CCN(c2cccs2)CC1. The predicted molar refractivity (Wildman–Crippen MR) is 120 cm³/mol. The van der Waals surface area contributed by atoms with Crippen molar-refractivity contribution in [1.82, 2.24) is 10.6 Å². The Bertz CT molecular complexity index is 720. The van der Waals surface area contributed by atoms with Crippen molar-refractivity contribution in [1.29, 1.82) is 0 Å². The van der Waals surface area contributed by atoms with Crippen molar-refractivity contribution in [3.05, 3.63) is 47.3 Å². The van der Waals surface area contributed by atoms with Crippen LogP contribution in [0.4, 0.5) is 5.00 Å². The van der Waals surface area contributed by atoms with E-state index in [4.69, 9.17) is 4.74 Å². The van der Waals surface area contributed by atoms with Crippen molar-refractivity contribution in [2.75, 3.05) is 31.6 Å². The summed E-state index contributed by atoms with van der Waals surface area (Å²) in [5, 5.41) is 10.6. The van der Waals surface area contributed by atoms with Gasteiger partial charge in [0.1, 0.15) is 5.75 Å². The van der Waals surface area contributed by atoms with E-state index in [1.165, 1.54) is 10.6 Å². The molecule has 1 fully saturated rings. The number of ether oxygens (including phenoxy) is 1. The first-order chi connectivity index (χ1) is 13.6. The molecule has 3 rings (SSSR count). The smallest absolute Gasteiger partial charge is 0.191 e. The summed E-state index contributed by atoms with van der Waals surface area (Å²) in [6.45, 7) is 7.14. The maximum Gasteiger partial charge on any atom is 0.191 e. The summed E-state index contributed by atoms with van der Waals surface area (Å²) in [6, 6.07) is 13.2. The zero-order chi connectivity index (χ0) is 19.8. The number of nitrogens with one attached hydrogen (secondary N) is 2. The van der Waals surface area contributed by atoms with Crippen LogP contribution in [0.1, 0.15) is 32.3 Å². The van der Waals surface area contributed by atoms with Gasteiger partial charge in [-0.1, -0.05) is 12.1 Å². The molecule has 0 saturated carbocycles. The second-order valence-corrected chi connectivity index (χ2v) is 8.34. The maximum absolute atomic E-state index is 5.70. The number of hydrogen-bond donors (Lipinski definition) is 2. The monoisotopic (exact) mass is 400 g/mol. The summed E-state index contributed by atoms with van der Waals surface area (Å²) >= 11 is 1.82. The molecule has 1 aromatic heterocycles. The Morgan fingerprint density at radius 2 is 1.96 bits per heavy atom. The number of rotatable bonds is 7. The normalized spacial score (nSPS) is 15.7. The summed E-state index contributed by atoms with van der Waals surface area (Å²) < 4.78 is 5.70. The fourth-order valence-electron chi connectivity index (χ4n) is 3.41. The number of hydrogen-bond acceptors (Lipinski definition) is 4. The molecule has 0 unspecified atom stereocenters. The topological polar surface area (TPSA) is 48.9 Å². The van der Waals surface area contributed by atoms with Crippen molar-refractivity contribution in [3.8, 4) is 5.75 Å². The van der Waals surface area contributed by atoms with Crippen molar-refractivity contribution >= 4 is 22.3 Å². The Morgan fingerprint density at radius 3 is 2.57 bits per heavy atom. The van der Waals surface area contributed by atoms with Gasteiger partial charge >= 0.3 is 0 Å². The van der Waals surface area contributed by atoms with E-state index < -0.39 is 0 Å². The van der Waals surface area contributed by atoms with Gasteiger partial charge in [-0.05, 0) is 68.3 Å². The van der Waals surface area contributed by atoms with Gasteiger partial charge in [-0.3, -0.25) is 4.99 Å². The van der Waals surface area contributed by atoms with Crippen LogP contribution in [0.15, 0.2) is 46.8 Å². The first-order valence-electron chi connectivity index (χ1n) is 10.2. The number of thiophene rings is 1. The highest BCUT2D eigenvalue weighted by Gasteiger charge is 2.20. The lowest BCUT2D eigenvalue weighted by molar-refractivity contribution is 0.242. The molecule has 0 amide bonds. The van der Waals surface area contributed by atoms with Crippen LogP contribution in [0.25, 0.3) is 0 Å². The van der Waals surface area contributed by atoms with E-state index in [2.05, 4.69) is 50.2 Å². The van der Waals surface area contributed by atoms with E-state index in [1.807, 2.05) is 44.4 Å². The standard InChI is InChI=1S/C22H32N4OS/c1-17(2)27-20-8-6-18(7-9-20)10-13-24-22(23-3)25-19-11-14-26(15-12-19)21-5-4-16-28-21/h4-9,16-17,19H,10-15H2,1-3H3,(H2,23,24,25). The minimum Gasteiger partial charge on any atom is -0.491 e. The molecule has 6 heteroatoms. The summed E-state index contributed by atoms with van der Waals surface area (Å²) in [4.78, 5) is 6.87. The molecule has 1 aromatic carbocycles. The first-order valence-corrected chi connectivity index (χ1v) is 11.0. The van der Waals surface area contributed by atoms with Crippen LogP contribution in [-0.4, -0.2) is 44.8 Å². The van der Waals surface area contributed by atoms with Gasteiger partial charge in [-0.15, -0.1) is 11.3 Å². The molecule has 0 aliphatic carbocycles. The van der Waals surface area contributed by atoms with Crippen LogP contribution in [0, 0.1) is 0 Å². The Hall–Kier alpha value is -2.21. The predicted octanol–water partition coefficient (Wildman–Crippen LogP) is 3.91. The number of anilines is 1. The fraction of sp³-hybridized carbons (Fsp3) is 0.500. The van der Waals surface area contributed by atoms with E-state index in [9.17, 15) is 0 Å². The van der Waals surface area contributed by atoms with E-state index >= 15 is 0 Å². The maximum atomic E-state index is 5.70. The van der Waals surface area contributed by atoms with Gasteiger partial charge in [-0.25, -0.2) is 0 Å². The zero-order valence-corrected chi connectivity index (χ0v) is 18.0. The van der Waals surface area contributed by atoms with Crippen molar-refractivity contribution in [2.24, 2.45) is 4.99 Å². The van der Waals surface area contributed by atoms with Crippen molar-refractivity contribution in [2.45, 2.75) is 45.3 Å². The summed E-state index contributed by atoms with van der Waals surface area (Å²) in [5.74, 6) is 1.83. The first kappa shape index (κ1) is 20.5.